The highest BCUT2D eigenvalue weighted by atomic mass is 15.2. The summed E-state index contributed by atoms with van der Waals surface area (Å²) in [7, 11) is 0. The summed E-state index contributed by atoms with van der Waals surface area (Å²) in [6.45, 7) is 4.76. The third kappa shape index (κ3) is 5.32. The van der Waals surface area contributed by atoms with Crippen LogP contribution in [0.25, 0.3) is 22.3 Å². The minimum absolute atomic E-state index is 0.0959. The molecule has 0 radical (unpaired) electrons. The molecule has 0 aliphatic heterocycles. The molecule has 8 aromatic rings. The van der Waals surface area contributed by atoms with Crippen molar-refractivity contribution in [3.8, 4) is 22.3 Å². The first-order valence-corrected chi connectivity index (χ1v) is 20.9. The Bertz CT molecular complexity index is 2760. The highest BCUT2D eigenvalue weighted by Crippen LogP contribution is 2.60. The second-order valence-corrected chi connectivity index (χ2v) is 16.9. The second-order valence-electron chi connectivity index (χ2n) is 16.9. The Balaban J connectivity index is 1.11. The lowest BCUT2D eigenvalue weighted by Gasteiger charge is -2.37. The van der Waals surface area contributed by atoms with Gasteiger partial charge in [0.25, 0.3) is 0 Å². The van der Waals surface area contributed by atoms with Gasteiger partial charge in [-0.25, -0.2) is 0 Å². The first kappa shape index (κ1) is 34.6. The van der Waals surface area contributed by atoms with E-state index in [0.717, 1.165) is 25.7 Å². The van der Waals surface area contributed by atoms with E-state index in [1.807, 2.05) is 0 Å². The molecule has 0 saturated heterocycles. The van der Waals surface area contributed by atoms with Gasteiger partial charge < -0.3 is 9.80 Å². The van der Waals surface area contributed by atoms with E-state index in [2.05, 4.69) is 218 Å². The summed E-state index contributed by atoms with van der Waals surface area (Å²) in [5.41, 5.74) is 20.9. The van der Waals surface area contributed by atoms with Gasteiger partial charge in [-0.05, 0) is 148 Å². The van der Waals surface area contributed by atoms with Crippen molar-refractivity contribution >= 4 is 34.1 Å². The zero-order chi connectivity index (χ0) is 38.8. The summed E-state index contributed by atoms with van der Waals surface area (Å²) in [6, 6.07) is 72.1. The summed E-state index contributed by atoms with van der Waals surface area (Å²) >= 11 is 0. The van der Waals surface area contributed by atoms with Gasteiger partial charge in [-0.2, -0.15) is 0 Å². The van der Waals surface area contributed by atoms with Crippen LogP contribution in [0.1, 0.15) is 60.1 Å². The van der Waals surface area contributed by atoms with E-state index >= 15 is 0 Å². The van der Waals surface area contributed by atoms with E-state index in [4.69, 9.17) is 0 Å². The molecule has 3 aliphatic rings. The lowest BCUT2D eigenvalue weighted by Crippen LogP contribution is -2.27. The number of aryl methyl sites for hydroxylation is 2. The largest absolute Gasteiger partial charge is 0.310 e. The van der Waals surface area contributed by atoms with Gasteiger partial charge in [0.05, 0.1) is 11.4 Å². The average Bonchev–Trinajstić information content (AvgIpc) is 3.92. The fraction of sp³-hybridized carbons (Fsp3) is 0.143. The molecule has 0 amide bonds. The number of rotatable bonds is 7. The Kier molecular flexibility index (Phi) is 8.05. The number of hydrogen-bond acceptors (Lipinski definition) is 2. The van der Waals surface area contributed by atoms with Crippen molar-refractivity contribution in [2.24, 2.45) is 0 Å². The number of para-hydroxylation sites is 3. The van der Waals surface area contributed by atoms with Crippen molar-refractivity contribution in [1.29, 1.82) is 0 Å². The Morgan fingerprint density at radius 1 is 0.379 bits per heavy atom. The van der Waals surface area contributed by atoms with E-state index in [0.29, 0.717) is 0 Å². The SMILES string of the molecule is CC1(C)c2ccc(-c3ccccc3)cc2-c2cc(N(c3ccccc3)c3cccc4c3[C@]3(CCc5cccc(N(c6ccccc6)c6ccccc6)c53)CC4)ccc21. The fourth-order valence-electron chi connectivity index (χ4n) is 10.8. The summed E-state index contributed by atoms with van der Waals surface area (Å²) < 4.78 is 0. The van der Waals surface area contributed by atoms with Crippen LogP contribution in [0.4, 0.5) is 34.1 Å². The van der Waals surface area contributed by atoms with Gasteiger partial charge >= 0.3 is 0 Å². The summed E-state index contributed by atoms with van der Waals surface area (Å²) in [6.07, 6.45) is 4.31. The van der Waals surface area contributed by atoms with Crippen molar-refractivity contribution < 1.29 is 0 Å². The molecule has 0 saturated carbocycles. The van der Waals surface area contributed by atoms with Gasteiger partial charge in [0.2, 0.25) is 0 Å². The standard InChI is InChI=1S/C56H46N2/c1-55(2)49-31-29-42(39-17-7-3-8-18-39)37-47(49)48-38-46(30-32-50(48)55)58(45-25-13-6-14-26-45)52-28-16-20-41-34-36-56(54(41)52)35-33-40-19-15-27-51(53(40)56)57(43-21-9-4-10-22-43)44-23-11-5-12-24-44/h3-32,37-38H,33-36H2,1-2H3/t56-/m1/s1. The third-order valence-electron chi connectivity index (χ3n) is 13.4. The minimum Gasteiger partial charge on any atom is -0.310 e. The molecule has 58 heavy (non-hydrogen) atoms. The van der Waals surface area contributed by atoms with E-state index in [1.165, 1.54) is 89.8 Å². The Hall–Kier alpha value is -6.64. The van der Waals surface area contributed by atoms with Crippen molar-refractivity contribution in [2.45, 2.75) is 50.4 Å². The van der Waals surface area contributed by atoms with Crippen LogP contribution >= 0.6 is 0 Å². The van der Waals surface area contributed by atoms with Gasteiger partial charge in [-0.1, -0.05) is 141 Å². The molecule has 0 heterocycles. The lowest BCUT2D eigenvalue weighted by molar-refractivity contribution is 0.508. The van der Waals surface area contributed by atoms with Crippen LogP contribution < -0.4 is 9.80 Å². The van der Waals surface area contributed by atoms with Crippen LogP contribution in [-0.2, 0) is 23.7 Å². The molecule has 3 aliphatic carbocycles. The molecule has 280 valence electrons. The molecule has 2 nitrogen and oxygen atoms in total. The summed E-state index contributed by atoms with van der Waals surface area (Å²) in [4.78, 5) is 5.05. The first-order valence-electron chi connectivity index (χ1n) is 20.9. The molecule has 0 aromatic heterocycles. The van der Waals surface area contributed by atoms with Crippen molar-refractivity contribution in [2.75, 3.05) is 9.80 Å². The predicted octanol–water partition coefficient (Wildman–Crippen LogP) is 14.8. The highest BCUT2D eigenvalue weighted by Gasteiger charge is 2.49. The van der Waals surface area contributed by atoms with E-state index < -0.39 is 0 Å². The topological polar surface area (TPSA) is 6.48 Å². The number of anilines is 6. The maximum Gasteiger partial charge on any atom is 0.0505 e. The molecular weight excluding hydrogens is 701 g/mol. The third-order valence-corrected chi connectivity index (χ3v) is 13.4. The van der Waals surface area contributed by atoms with Crippen molar-refractivity contribution in [3.05, 3.63) is 228 Å². The highest BCUT2D eigenvalue weighted by molar-refractivity contribution is 5.90. The van der Waals surface area contributed by atoms with Crippen LogP contribution in [0.5, 0.6) is 0 Å². The minimum atomic E-state index is -0.136. The molecule has 2 heteroatoms. The average molecular weight is 747 g/mol. The smallest absolute Gasteiger partial charge is 0.0505 e. The number of fused-ring (bicyclic) bond motifs is 7. The van der Waals surface area contributed by atoms with E-state index in [1.54, 1.807) is 0 Å². The number of nitrogens with zero attached hydrogens (tertiary/aromatic N) is 2. The van der Waals surface area contributed by atoms with Crippen LogP contribution in [0.3, 0.4) is 0 Å². The molecule has 0 fully saturated rings. The van der Waals surface area contributed by atoms with Crippen molar-refractivity contribution in [1.82, 2.24) is 0 Å². The van der Waals surface area contributed by atoms with Crippen LogP contribution in [0, 0.1) is 0 Å². The van der Waals surface area contributed by atoms with Gasteiger partial charge in [-0.3, -0.25) is 0 Å². The molecule has 0 bridgehead atoms. The predicted molar refractivity (Wildman–Crippen MR) is 243 cm³/mol. The maximum absolute atomic E-state index is 2.56. The molecule has 1 atom stereocenters. The van der Waals surface area contributed by atoms with Gasteiger partial charge in [0.1, 0.15) is 0 Å². The molecule has 8 aromatic carbocycles. The van der Waals surface area contributed by atoms with Gasteiger partial charge in [0.15, 0.2) is 0 Å². The molecule has 0 unspecified atom stereocenters. The summed E-state index contributed by atoms with van der Waals surface area (Å²) in [5.74, 6) is 0. The Labute approximate surface area is 342 Å². The fourth-order valence-corrected chi connectivity index (χ4v) is 10.8. The maximum atomic E-state index is 2.56. The number of benzene rings is 8. The monoisotopic (exact) mass is 746 g/mol. The Morgan fingerprint density at radius 3 is 1.34 bits per heavy atom. The quantitative estimate of drug-likeness (QED) is 0.160. The lowest BCUT2D eigenvalue weighted by atomic mass is 9.74. The van der Waals surface area contributed by atoms with Crippen LogP contribution in [0.2, 0.25) is 0 Å². The Morgan fingerprint density at radius 2 is 0.828 bits per heavy atom. The number of hydrogen-bond donors (Lipinski definition) is 0. The molecule has 11 rings (SSSR count). The second kappa shape index (κ2) is 13.5. The zero-order valence-corrected chi connectivity index (χ0v) is 33.2. The first-order chi connectivity index (χ1) is 28.5. The molecule has 1 spiro atoms. The van der Waals surface area contributed by atoms with Gasteiger partial charge in [-0.15, -0.1) is 0 Å². The normalized spacial score (nSPS) is 16.7. The van der Waals surface area contributed by atoms with Crippen molar-refractivity contribution in [3.63, 3.8) is 0 Å². The van der Waals surface area contributed by atoms with Crippen LogP contribution in [0.15, 0.2) is 194 Å². The summed E-state index contributed by atoms with van der Waals surface area (Å²) in [5, 5.41) is 0. The van der Waals surface area contributed by atoms with E-state index in [9.17, 15) is 0 Å². The molecule has 0 N–H and O–H groups in total. The van der Waals surface area contributed by atoms with E-state index in [-0.39, 0.29) is 10.8 Å². The van der Waals surface area contributed by atoms with Gasteiger partial charge in [0, 0.05) is 33.6 Å². The molecular formula is C56H46N2. The zero-order valence-electron chi connectivity index (χ0n) is 33.2. The van der Waals surface area contributed by atoms with Crippen LogP contribution in [-0.4, -0.2) is 0 Å².